The Labute approximate surface area is 166 Å². The minimum atomic E-state index is -0.775. The Morgan fingerprint density at radius 2 is 1.82 bits per heavy atom. The molecule has 1 fully saturated rings. The number of hydrogen-bond acceptors (Lipinski definition) is 5. The summed E-state index contributed by atoms with van der Waals surface area (Å²) in [7, 11) is -0.775. The fourth-order valence-electron chi connectivity index (χ4n) is 2.53. The summed E-state index contributed by atoms with van der Waals surface area (Å²) in [6.45, 7) is 13.0. The molecule has 0 bridgehead atoms. The van der Waals surface area contributed by atoms with E-state index < -0.39 is 41.6 Å². The number of para-hydroxylation sites is 1. The van der Waals surface area contributed by atoms with E-state index in [0.29, 0.717) is 5.47 Å². The molecular weight excluding hydrogens is 364 g/mol. The maximum absolute atomic E-state index is 13.7. The summed E-state index contributed by atoms with van der Waals surface area (Å²) in [6, 6.07) is 4.22. The zero-order valence-corrected chi connectivity index (χ0v) is 17.6. The molecule has 0 radical (unpaired) electrons. The van der Waals surface area contributed by atoms with Gasteiger partial charge in [-0.3, -0.25) is 0 Å². The largest absolute Gasteiger partial charge is 0.504 e. The van der Waals surface area contributed by atoms with Crippen LogP contribution in [0.4, 0.5) is 9.18 Å². The number of amides is 1. The Kier molecular flexibility index (Phi) is 6.16. The molecule has 154 valence electrons. The number of halogens is 1. The number of carbonyl (C=O) groups is 1. The molecule has 28 heavy (non-hydrogen) atoms. The maximum Gasteiger partial charge on any atom is 0.492 e. The molecular formula is C20H29BFNO5. The molecule has 0 saturated carbocycles. The van der Waals surface area contributed by atoms with E-state index in [2.05, 4.69) is 5.32 Å². The van der Waals surface area contributed by atoms with Crippen molar-refractivity contribution in [2.75, 3.05) is 6.54 Å². The summed E-state index contributed by atoms with van der Waals surface area (Å²) >= 11 is 0. The first-order valence-electron chi connectivity index (χ1n) is 9.22. The van der Waals surface area contributed by atoms with Gasteiger partial charge in [-0.2, -0.15) is 0 Å². The van der Waals surface area contributed by atoms with E-state index >= 15 is 0 Å². The molecule has 1 aliphatic heterocycles. The second kappa shape index (κ2) is 7.76. The van der Waals surface area contributed by atoms with Gasteiger partial charge < -0.3 is 24.5 Å². The maximum atomic E-state index is 13.7. The predicted octanol–water partition coefficient (Wildman–Crippen LogP) is 4.07. The lowest BCUT2D eigenvalue weighted by Gasteiger charge is -2.32. The van der Waals surface area contributed by atoms with Crippen molar-refractivity contribution >= 4 is 19.3 Å². The summed E-state index contributed by atoms with van der Waals surface area (Å²) in [4.78, 5) is 12.1. The van der Waals surface area contributed by atoms with Crippen LogP contribution in [0.1, 0.15) is 54.0 Å². The van der Waals surface area contributed by atoms with Crippen LogP contribution in [0.2, 0.25) is 0 Å². The lowest BCUT2D eigenvalue weighted by molar-refractivity contribution is 0.00578. The van der Waals surface area contributed by atoms with Gasteiger partial charge in [-0.25, -0.2) is 9.18 Å². The minimum absolute atomic E-state index is 0.0433. The third kappa shape index (κ3) is 5.26. The van der Waals surface area contributed by atoms with Gasteiger partial charge in [0.2, 0.25) is 0 Å². The van der Waals surface area contributed by atoms with Gasteiger partial charge in [0.15, 0.2) is 11.6 Å². The van der Waals surface area contributed by atoms with Gasteiger partial charge in [0.05, 0.1) is 11.2 Å². The van der Waals surface area contributed by atoms with Crippen molar-refractivity contribution in [1.29, 1.82) is 0 Å². The van der Waals surface area contributed by atoms with Crippen LogP contribution in [-0.2, 0) is 14.0 Å². The van der Waals surface area contributed by atoms with Gasteiger partial charge in [0.25, 0.3) is 0 Å². The van der Waals surface area contributed by atoms with Crippen LogP contribution in [0.3, 0.4) is 0 Å². The second-order valence-corrected chi connectivity index (χ2v) is 8.84. The van der Waals surface area contributed by atoms with Crippen LogP contribution in [0.15, 0.2) is 23.7 Å². The summed E-state index contributed by atoms with van der Waals surface area (Å²) in [6.07, 6.45) is 0.955. The highest BCUT2D eigenvalue weighted by Gasteiger charge is 2.52. The molecule has 0 atom stereocenters. The topological polar surface area (TPSA) is 77.0 Å². The number of hydrogen-bond donors (Lipinski definition) is 2. The van der Waals surface area contributed by atoms with Crippen LogP contribution in [-0.4, -0.2) is 41.7 Å². The van der Waals surface area contributed by atoms with Gasteiger partial charge in [-0.05, 0) is 60.0 Å². The lowest BCUT2D eigenvalue weighted by atomic mass is 9.77. The molecule has 2 rings (SSSR count). The van der Waals surface area contributed by atoms with Crippen LogP contribution in [0.5, 0.6) is 5.75 Å². The summed E-state index contributed by atoms with van der Waals surface area (Å²) < 4.78 is 31.1. The molecule has 0 aliphatic carbocycles. The van der Waals surface area contributed by atoms with Crippen LogP contribution >= 0.6 is 0 Å². The quantitative estimate of drug-likeness (QED) is 0.755. The summed E-state index contributed by atoms with van der Waals surface area (Å²) in [5.74, 6) is -1.21. The molecule has 1 amide bonds. The predicted molar refractivity (Wildman–Crippen MR) is 106 cm³/mol. The standard InChI is InChI=1S/C20H29BFNO5/c1-18(2,3)26-17(25)23-12-14(11-13-9-8-10-15(22)16(13)24)21-27-19(4,5)20(6,7)28-21/h8-11,24H,12H2,1-7H3,(H,23,25). The highest BCUT2D eigenvalue weighted by molar-refractivity contribution is 6.56. The van der Waals surface area contributed by atoms with Crippen molar-refractivity contribution in [3.63, 3.8) is 0 Å². The number of ether oxygens (including phenoxy) is 1. The number of carbonyl (C=O) groups excluding carboxylic acids is 1. The van der Waals surface area contributed by atoms with Gasteiger partial charge >= 0.3 is 13.2 Å². The van der Waals surface area contributed by atoms with E-state index in [1.165, 1.54) is 12.1 Å². The molecule has 1 aromatic rings. The van der Waals surface area contributed by atoms with Gasteiger partial charge in [-0.15, -0.1) is 0 Å². The monoisotopic (exact) mass is 393 g/mol. The van der Waals surface area contributed by atoms with Crippen molar-refractivity contribution in [1.82, 2.24) is 5.32 Å². The number of phenols is 1. The van der Waals surface area contributed by atoms with E-state index in [0.717, 1.165) is 0 Å². The minimum Gasteiger partial charge on any atom is -0.504 e. The van der Waals surface area contributed by atoms with Crippen molar-refractivity contribution in [3.8, 4) is 5.75 Å². The molecule has 0 spiro atoms. The number of rotatable bonds is 4. The first kappa shape index (κ1) is 22.2. The number of benzene rings is 1. The zero-order chi connectivity index (χ0) is 21.3. The van der Waals surface area contributed by atoms with E-state index in [-0.39, 0.29) is 12.1 Å². The van der Waals surface area contributed by atoms with Crippen LogP contribution < -0.4 is 5.32 Å². The highest BCUT2D eigenvalue weighted by atomic mass is 19.1. The average molecular weight is 393 g/mol. The number of nitrogens with one attached hydrogen (secondary N) is 1. The van der Waals surface area contributed by atoms with Crippen molar-refractivity contribution in [2.45, 2.75) is 65.3 Å². The normalized spacial score (nSPS) is 18.9. The highest BCUT2D eigenvalue weighted by Crippen LogP contribution is 2.39. The Bertz CT molecular complexity index is 754. The van der Waals surface area contributed by atoms with E-state index in [9.17, 15) is 14.3 Å². The number of phenolic OH excluding ortho intramolecular Hbond substituents is 1. The molecule has 1 heterocycles. The van der Waals surface area contributed by atoms with Crippen molar-refractivity contribution < 1.29 is 28.3 Å². The lowest BCUT2D eigenvalue weighted by Crippen LogP contribution is -2.41. The Morgan fingerprint density at radius 3 is 2.36 bits per heavy atom. The second-order valence-electron chi connectivity index (χ2n) is 8.84. The van der Waals surface area contributed by atoms with Gasteiger partial charge in [0.1, 0.15) is 5.60 Å². The first-order valence-corrected chi connectivity index (χ1v) is 9.22. The summed E-state index contributed by atoms with van der Waals surface area (Å²) in [5, 5.41) is 12.7. The third-order valence-electron chi connectivity index (χ3n) is 4.75. The molecule has 1 aliphatic rings. The summed E-state index contributed by atoms with van der Waals surface area (Å²) in [5.41, 5.74) is -1.04. The molecule has 1 saturated heterocycles. The van der Waals surface area contributed by atoms with E-state index in [1.54, 1.807) is 32.9 Å². The Morgan fingerprint density at radius 1 is 1.25 bits per heavy atom. The smallest absolute Gasteiger partial charge is 0.492 e. The third-order valence-corrected chi connectivity index (χ3v) is 4.75. The number of alkyl carbamates (subject to hydrolysis) is 1. The zero-order valence-electron chi connectivity index (χ0n) is 17.6. The van der Waals surface area contributed by atoms with Crippen molar-refractivity contribution in [3.05, 3.63) is 35.1 Å². The van der Waals surface area contributed by atoms with Crippen molar-refractivity contribution in [2.24, 2.45) is 0 Å². The fourth-order valence-corrected chi connectivity index (χ4v) is 2.53. The molecule has 8 heteroatoms. The van der Waals surface area contributed by atoms with Crippen LogP contribution in [0.25, 0.3) is 6.08 Å². The number of aromatic hydroxyl groups is 1. The SMILES string of the molecule is CC(C)(C)OC(=O)NCC(=Cc1cccc(F)c1O)B1OC(C)(C)C(C)(C)O1. The first-order chi connectivity index (χ1) is 12.7. The van der Waals surface area contributed by atoms with E-state index in [4.69, 9.17) is 14.0 Å². The van der Waals surface area contributed by atoms with E-state index in [1.807, 2.05) is 27.7 Å². The Balaban J connectivity index is 2.30. The van der Waals surface area contributed by atoms with Gasteiger partial charge in [-0.1, -0.05) is 18.2 Å². The average Bonchev–Trinajstić information content (AvgIpc) is 2.74. The fraction of sp³-hybridized carbons (Fsp3) is 0.550. The Hall–Kier alpha value is -2.06. The molecule has 6 nitrogen and oxygen atoms in total. The molecule has 0 unspecified atom stereocenters. The van der Waals surface area contributed by atoms with Crippen LogP contribution in [0, 0.1) is 5.82 Å². The molecule has 2 N–H and O–H groups in total. The molecule has 0 aromatic heterocycles. The van der Waals surface area contributed by atoms with Gasteiger partial charge in [0, 0.05) is 12.1 Å². The molecule has 1 aromatic carbocycles.